The zero-order valence-electron chi connectivity index (χ0n) is 6.07. The molecule has 3 nitrogen and oxygen atoms in total. The van der Waals surface area contributed by atoms with E-state index in [1.165, 1.54) is 6.07 Å². The zero-order chi connectivity index (χ0) is 8.97. The predicted octanol–water partition coefficient (Wildman–Crippen LogP) is 1.48. The summed E-state index contributed by atoms with van der Waals surface area (Å²) in [6.45, 7) is 0. The number of hydrogen-bond acceptors (Lipinski definition) is 3. The molecule has 1 rings (SSSR count). The van der Waals surface area contributed by atoms with Gasteiger partial charge >= 0.3 is 0 Å². The summed E-state index contributed by atoms with van der Waals surface area (Å²) >= 11 is 0. The lowest BCUT2D eigenvalue weighted by Gasteiger charge is -1.92. The Kier molecular flexibility index (Phi) is 2.53. The van der Waals surface area contributed by atoms with Gasteiger partial charge in [0.2, 0.25) is 5.78 Å². The molecule has 0 fully saturated rings. The molecule has 0 atom stereocenters. The Morgan fingerprint density at radius 1 is 1.58 bits per heavy atom. The van der Waals surface area contributed by atoms with Crippen molar-refractivity contribution in [1.29, 1.82) is 0 Å². The fourth-order valence-electron chi connectivity index (χ4n) is 0.675. The van der Waals surface area contributed by atoms with E-state index in [1.54, 1.807) is 0 Å². The average molecular weight is 167 g/mol. The van der Waals surface area contributed by atoms with Gasteiger partial charge in [-0.05, 0) is 12.1 Å². The van der Waals surface area contributed by atoms with Crippen LogP contribution in [0.3, 0.4) is 0 Å². The molecule has 0 bridgehead atoms. The lowest BCUT2D eigenvalue weighted by molar-refractivity contribution is 0.104. The Bertz CT molecular complexity index is 305. The molecular formula is C8H6FNO2. The van der Waals surface area contributed by atoms with Gasteiger partial charge in [0.25, 0.3) is 0 Å². The van der Waals surface area contributed by atoms with Crippen molar-refractivity contribution >= 4 is 5.78 Å². The van der Waals surface area contributed by atoms with Crippen LogP contribution in [0.25, 0.3) is 0 Å². The second-order valence-corrected chi connectivity index (χ2v) is 2.04. The van der Waals surface area contributed by atoms with Gasteiger partial charge < -0.3 is 5.11 Å². The number of carbonyl (C=O) groups is 1. The molecule has 0 radical (unpaired) electrons. The molecule has 1 aromatic rings. The number of rotatable bonds is 2. The molecular weight excluding hydrogens is 161 g/mol. The molecule has 0 unspecified atom stereocenters. The Balaban J connectivity index is 2.90. The molecule has 0 aliphatic rings. The van der Waals surface area contributed by atoms with Gasteiger partial charge in [-0.1, -0.05) is 0 Å². The Morgan fingerprint density at radius 2 is 2.33 bits per heavy atom. The maximum Gasteiger partial charge on any atom is 0.207 e. The minimum absolute atomic E-state index is 0.0988. The summed E-state index contributed by atoms with van der Waals surface area (Å²) in [6, 6.07) is 2.38. The van der Waals surface area contributed by atoms with E-state index in [1.807, 2.05) is 0 Å². The third kappa shape index (κ3) is 1.88. The summed E-state index contributed by atoms with van der Waals surface area (Å²) in [5.74, 6) is -0.961. The average Bonchev–Trinajstić information content (AvgIpc) is 2.06. The molecule has 1 aromatic heterocycles. The number of carbonyl (C=O) groups excluding carboxylic acids is 1. The van der Waals surface area contributed by atoms with Crippen molar-refractivity contribution in [3.63, 3.8) is 0 Å². The van der Waals surface area contributed by atoms with E-state index < -0.39 is 11.6 Å². The van der Waals surface area contributed by atoms with Gasteiger partial charge in [0, 0.05) is 6.08 Å². The van der Waals surface area contributed by atoms with Crippen LogP contribution in [0.2, 0.25) is 0 Å². The number of aromatic nitrogens is 1. The zero-order valence-corrected chi connectivity index (χ0v) is 6.07. The van der Waals surface area contributed by atoms with Crippen molar-refractivity contribution in [2.45, 2.75) is 0 Å². The number of aliphatic hydroxyl groups excluding tert-OH is 1. The van der Waals surface area contributed by atoms with Crippen LogP contribution < -0.4 is 0 Å². The van der Waals surface area contributed by atoms with Crippen LogP contribution in [-0.4, -0.2) is 15.9 Å². The molecule has 0 aliphatic heterocycles. The summed E-state index contributed by atoms with van der Waals surface area (Å²) in [5.41, 5.74) is 0.0988. The molecule has 0 saturated carbocycles. The smallest absolute Gasteiger partial charge is 0.207 e. The second kappa shape index (κ2) is 3.61. The molecule has 12 heavy (non-hydrogen) atoms. The molecule has 0 spiro atoms. The van der Waals surface area contributed by atoms with E-state index in [4.69, 9.17) is 5.11 Å². The number of hydrogen-bond donors (Lipinski definition) is 1. The van der Waals surface area contributed by atoms with E-state index in [0.29, 0.717) is 6.26 Å². The van der Waals surface area contributed by atoms with E-state index in [0.717, 1.165) is 18.3 Å². The van der Waals surface area contributed by atoms with Crippen molar-refractivity contribution < 1.29 is 14.3 Å². The van der Waals surface area contributed by atoms with Gasteiger partial charge in [-0.15, -0.1) is 0 Å². The minimum Gasteiger partial charge on any atom is -0.515 e. The quantitative estimate of drug-likeness (QED) is 0.412. The van der Waals surface area contributed by atoms with Crippen molar-refractivity contribution in [1.82, 2.24) is 4.98 Å². The Labute approximate surface area is 68.2 Å². The normalized spacial score (nSPS) is 10.4. The summed E-state index contributed by atoms with van der Waals surface area (Å²) in [7, 11) is 0. The third-order valence-corrected chi connectivity index (χ3v) is 1.21. The van der Waals surface area contributed by atoms with Crippen molar-refractivity contribution in [2.24, 2.45) is 0 Å². The van der Waals surface area contributed by atoms with E-state index in [9.17, 15) is 9.18 Å². The number of aliphatic hydroxyl groups is 1. The van der Waals surface area contributed by atoms with Gasteiger partial charge in [-0.25, -0.2) is 9.37 Å². The highest BCUT2D eigenvalue weighted by Gasteiger charge is 2.02. The summed E-state index contributed by atoms with van der Waals surface area (Å²) in [4.78, 5) is 14.4. The highest BCUT2D eigenvalue weighted by atomic mass is 19.1. The monoisotopic (exact) mass is 167 g/mol. The third-order valence-electron chi connectivity index (χ3n) is 1.21. The van der Waals surface area contributed by atoms with Gasteiger partial charge in [0.1, 0.15) is 11.5 Å². The van der Waals surface area contributed by atoms with Crippen LogP contribution in [0.4, 0.5) is 4.39 Å². The number of allylic oxidation sites excluding steroid dienone is 1. The van der Waals surface area contributed by atoms with Crippen LogP contribution in [0.15, 0.2) is 30.7 Å². The van der Waals surface area contributed by atoms with Crippen LogP contribution >= 0.6 is 0 Å². The first-order valence-electron chi connectivity index (χ1n) is 3.20. The molecule has 1 N–H and O–H groups in total. The SMILES string of the molecule is O=C(/C=C/O)c1ccc(F)cn1. The molecule has 4 heteroatoms. The predicted molar refractivity (Wildman–Crippen MR) is 40.3 cm³/mol. The summed E-state index contributed by atoms with van der Waals surface area (Å²) in [6.07, 6.45) is 2.51. The molecule has 62 valence electrons. The molecule has 0 amide bonds. The summed E-state index contributed by atoms with van der Waals surface area (Å²) < 4.78 is 12.3. The largest absolute Gasteiger partial charge is 0.515 e. The van der Waals surface area contributed by atoms with E-state index in [-0.39, 0.29) is 5.69 Å². The highest BCUT2D eigenvalue weighted by molar-refractivity contribution is 6.02. The maximum absolute atomic E-state index is 12.3. The summed E-state index contributed by atoms with van der Waals surface area (Å²) in [5, 5.41) is 8.25. The molecule has 0 saturated heterocycles. The first kappa shape index (κ1) is 8.39. The van der Waals surface area contributed by atoms with Gasteiger partial charge in [0.05, 0.1) is 12.5 Å². The number of ketones is 1. The lowest BCUT2D eigenvalue weighted by atomic mass is 10.2. The van der Waals surface area contributed by atoms with Crippen LogP contribution in [0.1, 0.15) is 10.5 Å². The maximum atomic E-state index is 12.3. The topological polar surface area (TPSA) is 50.2 Å². The van der Waals surface area contributed by atoms with E-state index in [2.05, 4.69) is 4.98 Å². The van der Waals surface area contributed by atoms with Crippen molar-refractivity contribution in [2.75, 3.05) is 0 Å². The first-order chi connectivity index (χ1) is 5.74. The first-order valence-corrected chi connectivity index (χ1v) is 3.20. The molecule has 0 aliphatic carbocycles. The Morgan fingerprint density at radius 3 is 2.83 bits per heavy atom. The minimum atomic E-state index is -0.500. The lowest BCUT2D eigenvalue weighted by Crippen LogP contribution is -1.97. The van der Waals surface area contributed by atoms with E-state index >= 15 is 0 Å². The number of halogens is 1. The molecule has 1 heterocycles. The van der Waals surface area contributed by atoms with Gasteiger partial charge in [-0.2, -0.15) is 0 Å². The van der Waals surface area contributed by atoms with Gasteiger partial charge in [-0.3, -0.25) is 4.79 Å². The van der Waals surface area contributed by atoms with Crippen LogP contribution in [0.5, 0.6) is 0 Å². The fraction of sp³-hybridized carbons (Fsp3) is 0. The molecule has 0 aromatic carbocycles. The second-order valence-electron chi connectivity index (χ2n) is 2.04. The fourth-order valence-corrected chi connectivity index (χ4v) is 0.675. The van der Waals surface area contributed by atoms with Gasteiger partial charge in [0.15, 0.2) is 0 Å². The van der Waals surface area contributed by atoms with Crippen LogP contribution in [0, 0.1) is 5.82 Å². The standard InChI is InChI=1S/C8H6FNO2/c9-6-1-2-7(10-5-6)8(12)3-4-11/h1-5,11H/b4-3+. The Hall–Kier alpha value is -1.71. The van der Waals surface area contributed by atoms with Crippen molar-refractivity contribution in [3.8, 4) is 0 Å². The number of nitrogens with zero attached hydrogens (tertiary/aromatic N) is 1. The number of pyridine rings is 1. The van der Waals surface area contributed by atoms with Crippen molar-refractivity contribution in [3.05, 3.63) is 42.2 Å². The highest BCUT2D eigenvalue weighted by Crippen LogP contribution is 1.99. The van der Waals surface area contributed by atoms with Crippen LogP contribution in [-0.2, 0) is 0 Å².